The fourth-order valence-electron chi connectivity index (χ4n) is 6.70. The van der Waals surface area contributed by atoms with Crippen LogP contribution in [0.3, 0.4) is 0 Å². The lowest BCUT2D eigenvalue weighted by molar-refractivity contribution is -0.141. The van der Waals surface area contributed by atoms with E-state index >= 15 is 0 Å². The molecule has 5 amide bonds. The van der Waals surface area contributed by atoms with Gasteiger partial charge in [-0.1, -0.05) is 29.3 Å². The molecule has 1 aliphatic heterocycles. The average molecular weight is 1110 g/mol. The van der Waals surface area contributed by atoms with Crippen molar-refractivity contribution in [2.75, 3.05) is 52.0 Å². The Bertz CT molecular complexity index is 3280. The van der Waals surface area contributed by atoms with Gasteiger partial charge in [0, 0.05) is 61.4 Å². The van der Waals surface area contributed by atoms with Gasteiger partial charge in [-0.25, -0.2) is 9.59 Å². The minimum absolute atomic E-state index is 0.0603. The molecular weight excluding hydrogens is 1060 g/mol. The highest BCUT2D eigenvalue weighted by molar-refractivity contribution is 7.85. The Kier molecular flexibility index (Phi) is 20.0. The Morgan fingerprint density at radius 3 is 2.14 bits per heavy atom. The van der Waals surface area contributed by atoms with Crippen LogP contribution in [0.1, 0.15) is 44.8 Å². The van der Waals surface area contributed by atoms with Gasteiger partial charge in [0.25, 0.3) is 21.9 Å². The second kappa shape index (κ2) is 26.3. The lowest BCUT2D eigenvalue weighted by Gasteiger charge is -2.34. The highest BCUT2D eigenvalue weighted by Gasteiger charge is 2.34. The molecule has 6 aromatic rings. The topological polar surface area (TPSA) is 367 Å². The van der Waals surface area contributed by atoms with Crippen LogP contribution in [0.2, 0.25) is 5.02 Å². The first kappa shape index (κ1) is 58.6. The molecule has 7 rings (SSSR count). The molecule has 0 radical (unpaired) electrons. The fraction of sp³-hybridized carbons (Fsp3) is 0.188. The lowest BCUT2D eigenvalue weighted by Crippen LogP contribution is -2.50. The minimum Gasteiger partial charge on any atom is -0.481 e. The fourth-order valence-corrected chi connectivity index (χ4v) is 7.40. The zero-order valence-electron chi connectivity index (χ0n) is 40.2. The number of aromatic amines is 1. The summed E-state index contributed by atoms with van der Waals surface area (Å²) in [5.74, 6) is -2.45. The number of carboxylic acid groups (broad SMARTS) is 2. The van der Waals surface area contributed by atoms with Crippen LogP contribution < -0.4 is 52.8 Å². The molecule has 4 aromatic carbocycles. The molecule has 24 nitrogen and oxygen atoms in total. The first-order valence-electron chi connectivity index (χ1n) is 22.3. The number of rotatable bonds is 16. The van der Waals surface area contributed by atoms with E-state index in [4.69, 9.17) is 31.7 Å². The maximum Gasteiger partial charge on any atom is 0.417 e. The molecule has 0 fully saturated rings. The van der Waals surface area contributed by atoms with Gasteiger partial charge in [-0.3, -0.25) is 33.5 Å². The van der Waals surface area contributed by atoms with E-state index in [2.05, 4.69) is 46.9 Å². The van der Waals surface area contributed by atoms with E-state index in [1.54, 1.807) is 54.6 Å². The zero-order valence-corrected chi connectivity index (χ0v) is 41.8. The standard InChI is InChI=1S/C21H16ClF3N4O3.C20H23N7O7.C7H8O3S/c1-26-19(30)18-11-15(8-9-27-18)32-14-5-2-12(3-6-14)28-20(31)29-13-4-7-17(22)16(10-13)21(23,24)25;21-20-25-16-15(18(32)26-20)27(9-28)12(8-23-16)7-22-11-3-1-10(2-4-11)17(31)24-13(19(33)34)5-6-14(29)30;1-6-2-4-7(5-3-6)11(8,9)10/h2-11H,1H3,(H,26,30)(H2,28,29,31);1-4,9,12-13,22H,5-8H2,(H,24,31)(H,29,30)(H,33,34)(H4,21,23,25,26,32);2-5H,1H3,(H,8,9,10)/t;12?,13-;/m.0./s1. The number of carbonyl (C=O) groups excluding carboxylic acids is 4. The van der Waals surface area contributed by atoms with Crippen molar-refractivity contribution in [1.29, 1.82) is 0 Å². The summed E-state index contributed by atoms with van der Waals surface area (Å²) in [5.41, 5.74) is 6.15. The van der Waals surface area contributed by atoms with Crippen molar-refractivity contribution in [2.24, 2.45) is 0 Å². The summed E-state index contributed by atoms with van der Waals surface area (Å²) in [4.78, 5) is 93.3. The molecule has 77 heavy (non-hydrogen) atoms. The number of aromatic nitrogens is 3. The van der Waals surface area contributed by atoms with Crippen LogP contribution in [0.25, 0.3) is 0 Å². The number of nitrogens with two attached hydrogens (primary N) is 1. The predicted octanol–water partition coefficient (Wildman–Crippen LogP) is 6.06. The number of nitrogens with one attached hydrogen (secondary N) is 7. The van der Waals surface area contributed by atoms with E-state index in [0.717, 1.165) is 17.7 Å². The van der Waals surface area contributed by atoms with E-state index in [-0.39, 0.29) is 52.3 Å². The van der Waals surface area contributed by atoms with Crippen molar-refractivity contribution in [2.45, 2.75) is 42.9 Å². The number of alkyl halides is 3. The van der Waals surface area contributed by atoms with E-state index in [1.807, 2.05) is 6.92 Å². The summed E-state index contributed by atoms with van der Waals surface area (Å²) in [5, 5.41) is 33.1. The number of hydrogen-bond acceptors (Lipinski definition) is 15. The number of nitrogens with zero attached hydrogens (tertiary/aromatic N) is 3. The van der Waals surface area contributed by atoms with Crippen molar-refractivity contribution in [3.05, 3.63) is 147 Å². The van der Waals surface area contributed by atoms with Crippen LogP contribution in [-0.4, -0.2) is 107 Å². The molecule has 0 saturated carbocycles. The van der Waals surface area contributed by atoms with E-state index in [9.17, 15) is 60.3 Å². The number of hydrogen-bond donors (Lipinski definition) is 11. The number of pyridine rings is 1. The Morgan fingerprint density at radius 1 is 0.909 bits per heavy atom. The summed E-state index contributed by atoms with van der Waals surface area (Å²) in [6, 6.07) is 21.9. The van der Waals surface area contributed by atoms with Gasteiger partial charge >= 0.3 is 29.7 Å². The van der Waals surface area contributed by atoms with Crippen molar-refractivity contribution < 1.29 is 69.9 Å². The third-order valence-electron chi connectivity index (χ3n) is 10.5. The Morgan fingerprint density at radius 2 is 1.55 bits per heavy atom. The Hall–Kier alpha value is -9.28. The summed E-state index contributed by atoms with van der Waals surface area (Å²) in [7, 11) is -2.53. The largest absolute Gasteiger partial charge is 0.481 e. The highest BCUT2D eigenvalue weighted by atomic mass is 35.5. The van der Waals surface area contributed by atoms with Crippen LogP contribution in [-0.2, 0) is 30.7 Å². The van der Waals surface area contributed by atoms with Crippen LogP contribution in [0.15, 0.2) is 119 Å². The quantitative estimate of drug-likeness (QED) is 0.0387. The first-order chi connectivity index (χ1) is 36.3. The second-order valence-electron chi connectivity index (χ2n) is 16.1. The van der Waals surface area contributed by atoms with Gasteiger partial charge in [0.15, 0.2) is 5.69 Å². The second-order valence-corrected chi connectivity index (χ2v) is 17.9. The molecule has 0 spiro atoms. The van der Waals surface area contributed by atoms with Gasteiger partial charge in [-0.05, 0) is 98.3 Å². The molecule has 1 unspecified atom stereocenters. The maximum atomic E-state index is 12.9. The zero-order chi connectivity index (χ0) is 56.6. The monoisotopic (exact) mass is 1110 g/mol. The Labute approximate surface area is 440 Å². The number of nitrogen functional groups attached to an aromatic ring is 1. The summed E-state index contributed by atoms with van der Waals surface area (Å²) < 4.78 is 74.0. The van der Waals surface area contributed by atoms with Crippen molar-refractivity contribution in [1.82, 2.24) is 25.6 Å². The molecular formula is C48H47ClF3N11O13S. The molecule has 29 heteroatoms. The van der Waals surface area contributed by atoms with Crippen LogP contribution >= 0.6 is 11.6 Å². The molecule has 12 N–H and O–H groups in total. The molecule has 0 aliphatic carbocycles. The lowest BCUT2D eigenvalue weighted by atomic mass is 10.1. The SMILES string of the molecule is CNC(=O)c1cc(Oc2ccc(NC(=O)Nc3ccc(Cl)c(C(F)(F)F)c3)cc2)ccn1.Cc1ccc(S(=O)(=O)O)cc1.Nc1nc(=O)c2c([nH]1)NCC(CNc1ccc(C(=O)N[C@@H](CCC(=O)O)C(=O)O)cc1)N2C=O. The molecule has 2 atom stereocenters. The number of urea groups is 1. The van der Waals surface area contributed by atoms with Gasteiger partial charge in [0.05, 0.1) is 21.5 Å². The van der Waals surface area contributed by atoms with Crippen molar-refractivity contribution in [3.8, 4) is 11.5 Å². The van der Waals surface area contributed by atoms with Crippen molar-refractivity contribution >= 4 is 92.4 Å². The number of ether oxygens (including phenoxy) is 1. The number of benzene rings is 4. The first-order valence-corrected chi connectivity index (χ1v) is 24.1. The number of aliphatic carboxylic acids is 2. The number of amides is 5. The molecule has 0 saturated heterocycles. The van der Waals surface area contributed by atoms with Gasteiger partial charge in [0.2, 0.25) is 12.4 Å². The van der Waals surface area contributed by atoms with E-state index < -0.39 is 74.8 Å². The molecule has 0 bridgehead atoms. The van der Waals surface area contributed by atoms with Gasteiger partial charge in [-0.15, -0.1) is 0 Å². The van der Waals surface area contributed by atoms with Crippen LogP contribution in [0, 0.1) is 6.92 Å². The number of carboxylic acids is 2. The highest BCUT2D eigenvalue weighted by Crippen LogP contribution is 2.36. The molecule has 1 aliphatic rings. The number of H-pyrrole nitrogens is 1. The third-order valence-corrected chi connectivity index (χ3v) is 11.7. The van der Waals surface area contributed by atoms with Gasteiger partial charge in [-0.2, -0.15) is 26.6 Å². The number of aryl methyl sites for hydroxylation is 1. The molecule has 3 heterocycles. The van der Waals surface area contributed by atoms with E-state index in [0.29, 0.717) is 41.6 Å². The summed E-state index contributed by atoms with van der Waals surface area (Å²) >= 11 is 5.57. The number of carbonyl (C=O) groups is 6. The number of halogens is 4. The Balaban J connectivity index is 0.000000238. The minimum atomic E-state index is -4.64. The van der Waals surface area contributed by atoms with E-state index in [1.165, 1.54) is 54.5 Å². The average Bonchev–Trinajstić information content (AvgIpc) is 3.37. The normalized spacial score (nSPS) is 13.0. The smallest absolute Gasteiger partial charge is 0.417 e. The van der Waals surface area contributed by atoms with Crippen molar-refractivity contribution in [3.63, 3.8) is 0 Å². The summed E-state index contributed by atoms with van der Waals surface area (Å²) in [6.45, 7) is 2.43. The number of anilines is 6. The van der Waals surface area contributed by atoms with Gasteiger partial charge in [0.1, 0.15) is 29.1 Å². The third kappa shape index (κ3) is 17.4. The maximum absolute atomic E-state index is 12.9. The summed E-state index contributed by atoms with van der Waals surface area (Å²) in [6.07, 6.45) is -3.31. The number of fused-ring (bicyclic) bond motifs is 1. The molecule has 406 valence electrons. The van der Waals surface area contributed by atoms with Crippen LogP contribution in [0.4, 0.5) is 52.5 Å². The predicted molar refractivity (Wildman–Crippen MR) is 275 cm³/mol. The van der Waals surface area contributed by atoms with Gasteiger partial charge < -0.3 is 62.5 Å². The molecule has 2 aromatic heterocycles. The van der Waals surface area contributed by atoms with Crippen LogP contribution in [0.5, 0.6) is 11.5 Å².